The minimum atomic E-state index is 0.252. The number of likely N-dealkylation sites (tertiary alicyclic amines) is 1. The van der Waals surface area contributed by atoms with Crippen molar-refractivity contribution in [2.75, 3.05) is 26.8 Å². The molecular formula is C16H20N2O2S. The second-order valence-corrected chi connectivity index (χ2v) is 6.88. The average molecular weight is 304 g/mol. The van der Waals surface area contributed by atoms with Crippen molar-refractivity contribution in [2.45, 2.75) is 19.8 Å². The number of ether oxygens (including phenoxy) is 1. The maximum absolute atomic E-state index is 12.0. The van der Waals surface area contributed by atoms with E-state index in [0.717, 1.165) is 23.5 Å². The van der Waals surface area contributed by atoms with Gasteiger partial charge in [-0.25, -0.2) is 4.98 Å². The van der Waals surface area contributed by atoms with Gasteiger partial charge in [0.2, 0.25) is 5.91 Å². The van der Waals surface area contributed by atoms with Crippen LogP contribution in [0.25, 0.3) is 10.2 Å². The molecule has 0 spiro atoms. The van der Waals surface area contributed by atoms with Crippen molar-refractivity contribution in [3.8, 4) is 0 Å². The monoisotopic (exact) mass is 304 g/mol. The van der Waals surface area contributed by atoms with Crippen LogP contribution in [-0.2, 0) is 16.0 Å². The molecule has 1 aliphatic rings. The van der Waals surface area contributed by atoms with E-state index in [1.807, 2.05) is 11.8 Å². The van der Waals surface area contributed by atoms with Crippen LogP contribution < -0.4 is 0 Å². The number of carbonyl (C=O) groups excluding carboxylic acids is 1. The first-order valence-electron chi connectivity index (χ1n) is 7.28. The molecule has 0 unspecified atom stereocenters. The predicted molar refractivity (Wildman–Crippen MR) is 84.6 cm³/mol. The van der Waals surface area contributed by atoms with Gasteiger partial charge in [-0.15, -0.1) is 11.3 Å². The molecule has 5 heteroatoms. The quantitative estimate of drug-likeness (QED) is 0.853. The average Bonchev–Trinajstić information content (AvgIpc) is 2.98. The van der Waals surface area contributed by atoms with Crippen LogP contribution in [0.2, 0.25) is 0 Å². The molecule has 2 heterocycles. The molecule has 3 rings (SSSR count). The van der Waals surface area contributed by atoms with Crippen LogP contribution in [0.5, 0.6) is 0 Å². The van der Waals surface area contributed by atoms with Gasteiger partial charge in [-0.1, -0.05) is 6.07 Å². The SMILES string of the molecule is COCCN1C[C@H](Cc2ccc3sc(C)nc3c2)CC1=O. The Morgan fingerprint density at radius 1 is 1.48 bits per heavy atom. The van der Waals surface area contributed by atoms with E-state index in [9.17, 15) is 4.79 Å². The van der Waals surface area contributed by atoms with E-state index in [4.69, 9.17) is 4.74 Å². The van der Waals surface area contributed by atoms with Gasteiger partial charge in [-0.05, 0) is 37.0 Å². The van der Waals surface area contributed by atoms with Crippen LogP contribution in [0.4, 0.5) is 0 Å². The van der Waals surface area contributed by atoms with Crippen molar-refractivity contribution < 1.29 is 9.53 Å². The highest BCUT2D eigenvalue weighted by Crippen LogP contribution is 2.26. The molecule has 21 heavy (non-hydrogen) atoms. The second-order valence-electron chi connectivity index (χ2n) is 5.64. The number of hydrogen-bond donors (Lipinski definition) is 0. The van der Waals surface area contributed by atoms with Crippen LogP contribution in [0.15, 0.2) is 18.2 Å². The van der Waals surface area contributed by atoms with Gasteiger partial charge in [-0.3, -0.25) is 4.79 Å². The third kappa shape index (κ3) is 3.24. The number of hydrogen-bond acceptors (Lipinski definition) is 4. The molecule has 0 radical (unpaired) electrons. The first-order valence-corrected chi connectivity index (χ1v) is 8.10. The van der Waals surface area contributed by atoms with E-state index in [1.165, 1.54) is 10.3 Å². The minimum Gasteiger partial charge on any atom is -0.383 e. The summed E-state index contributed by atoms with van der Waals surface area (Å²) in [6, 6.07) is 6.48. The summed E-state index contributed by atoms with van der Waals surface area (Å²) >= 11 is 1.73. The molecule has 1 aromatic carbocycles. The number of amides is 1. The molecule has 1 aliphatic heterocycles. The van der Waals surface area contributed by atoms with Crippen LogP contribution in [0.1, 0.15) is 17.0 Å². The van der Waals surface area contributed by atoms with Crippen molar-refractivity contribution in [1.82, 2.24) is 9.88 Å². The maximum Gasteiger partial charge on any atom is 0.223 e. The molecule has 2 aromatic rings. The number of aromatic nitrogens is 1. The van der Waals surface area contributed by atoms with Gasteiger partial charge < -0.3 is 9.64 Å². The van der Waals surface area contributed by atoms with Crippen LogP contribution in [0, 0.1) is 12.8 Å². The van der Waals surface area contributed by atoms with Crippen LogP contribution in [0.3, 0.4) is 0 Å². The van der Waals surface area contributed by atoms with E-state index in [-0.39, 0.29) is 5.91 Å². The third-order valence-electron chi connectivity index (χ3n) is 3.94. The summed E-state index contributed by atoms with van der Waals surface area (Å²) in [6.07, 6.45) is 1.60. The topological polar surface area (TPSA) is 42.4 Å². The highest BCUT2D eigenvalue weighted by molar-refractivity contribution is 7.18. The number of rotatable bonds is 5. The smallest absolute Gasteiger partial charge is 0.223 e. The van der Waals surface area contributed by atoms with Gasteiger partial charge in [0.15, 0.2) is 0 Å². The standard InChI is InChI=1S/C16H20N2O2S/c1-11-17-14-8-12(3-4-15(14)21-11)7-13-9-16(19)18(10-13)5-6-20-2/h3-4,8,13H,5-7,9-10H2,1-2H3/t13-/m1/s1. The number of benzene rings is 1. The molecule has 0 bridgehead atoms. The van der Waals surface area contributed by atoms with E-state index < -0.39 is 0 Å². The molecule has 1 aromatic heterocycles. The third-order valence-corrected chi connectivity index (χ3v) is 4.90. The molecule has 1 atom stereocenters. The molecule has 0 saturated carbocycles. The predicted octanol–water partition coefficient (Wildman–Crippen LogP) is 2.64. The number of thiazole rings is 1. The maximum atomic E-state index is 12.0. The number of aryl methyl sites for hydroxylation is 1. The van der Waals surface area contributed by atoms with Crippen molar-refractivity contribution in [3.63, 3.8) is 0 Å². The van der Waals surface area contributed by atoms with Crippen molar-refractivity contribution in [3.05, 3.63) is 28.8 Å². The number of nitrogens with zero attached hydrogens (tertiary/aromatic N) is 2. The van der Waals surface area contributed by atoms with E-state index >= 15 is 0 Å². The highest BCUT2D eigenvalue weighted by atomic mass is 32.1. The fourth-order valence-electron chi connectivity index (χ4n) is 2.96. The zero-order valence-corrected chi connectivity index (χ0v) is 13.3. The zero-order valence-electron chi connectivity index (χ0n) is 12.5. The summed E-state index contributed by atoms with van der Waals surface area (Å²) in [4.78, 5) is 18.4. The van der Waals surface area contributed by atoms with Crippen molar-refractivity contribution in [1.29, 1.82) is 0 Å². The molecular weight excluding hydrogens is 284 g/mol. The first-order chi connectivity index (χ1) is 10.2. The number of fused-ring (bicyclic) bond motifs is 1. The Morgan fingerprint density at radius 3 is 3.14 bits per heavy atom. The Morgan fingerprint density at radius 2 is 2.33 bits per heavy atom. The minimum absolute atomic E-state index is 0.252. The van der Waals surface area contributed by atoms with Gasteiger partial charge in [-0.2, -0.15) is 0 Å². The molecule has 1 amide bonds. The first kappa shape index (κ1) is 14.5. The number of carbonyl (C=O) groups is 1. The molecule has 4 nitrogen and oxygen atoms in total. The fraction of sp³-hybridized carbons (Fsp3) is 0.500. The van der Waals surface area contributed by atoms with Crippen molar-refractivity contribution in [2.24, 2.45) is 5.92 Å². The van der Waals surface area contributed by atoms with E-state index in [1.54, 1.807) is 18.4 Å². The van der Waals surface area contributed by atoms with Gasteiger partial charge in [0.05, 0.1) is 21.8 Å². The Hall–Kier alpha value is -1.46. The van der Waals surface area contributed by atoms with E-state index in [0.29, 0.717) is 25.5 Å². The molecule has 1 fully saturated rings. The molecule has 1 saturated heterocycles. The number of methoxy groups -OCH3 is 1. The lowest BCUT2D eigenvalue weighted by Crippen LogP contribution is -2.28. The van der Waals surface area contributed by atoms with Crippen LogP contribution >= 0.6 is 11.3 Å². The molecule has 0 aliphatic carbocycles. The van der Waals surface area contributed by atoms with Crippen LogP contribution in [-0.4, -0.2) is 42.6 Å². The van der Waals surface area contributed by atoms with Crippen molar-refractivity contribution >= 4 is 27.5 Å². The zero-order chi connectivity index (χ0) is 14.8. The normalized spacial score (nSPS) is 18.9. The summed E-state index contributed by atoms with van der Waals surface area (Å²) in [7, 11) is 1.67. The lowest BCUT2D eigenvalue weighted by Gasteiger charge is -2.15. The highest BCUT2D eigenvalue weighted by Gasteiger charge is 2.29. The van der Waals surface area contributed by atoms with Gasteiger partial charge in [0.25, 0.3) is 0 Å². The van der Waals surface area contributed by atoms with E-state index in [2.05, 4.69) is 23.2 Å². The summed E-state index contributed by atoms with van der Waals surface area (Å²) in [5, 5.41) is 1.10. The largest absolute Gasteiger partial charge is 0.383 e. The second kappa shape index (κ2) is 6.12. The summed E-state index contributed by atoms with van der Waals surface area (Å²) in [5.74, 6) is 0.661. The summed E-state index contributed by atoms with van der Waals surface area (Å²) in [5.41, 5.74) is 2.36. The van der Waals surface area contributed by atoms with Gasteiger partial charge in [0.1, 0.15) is 0 Å². The fourth-order valence-corrected chi connectivity index (χ4v) is 3.76. The summed E-state index contributed by atoms with van der Waals surface area (Å²) in [6.45, 7) is 4.20. The lowest BCUT2D eigenvalue weighted by molar-refractivity contribution is -0.128. The van der Waals surface area contributed by atoms with Gasteiger partial charge in [0, 0.05) is 26.6 Å². The Labute approximate surface area is 128 Å². The molecule has 0 N–H and O–H groups in total. The Kier molecular flexibility index (Phi) is 4.22. The Bertz CT molecular complexity index is 653. The lowest BCUT2D eigenvalue weighted by atomic mass is 9.98. The molecule has 112 valence electrons. The van der Waals surface area contributed by atoms with Gasteiger partial charge >= 0.3 is 0 Å². The summed E-state index contributed by atoms with van der Waals surface area (Å²) < 4.78 is 6.29. The Balaban J connectivity index is 1.66.